The summed E-state index contributed by atoms with van der Waals surface area (Å²) in [6, 6.07) is 7.59. The van der Waals surface area contributed by atoms with Crippen molar-refractivity contribution in [2.24, 2.45) is 0 Å². The van der Waals surface area contributed by atoms with Gasteiger partial charge in [-0.1, -0.05) is 104 Å². The molecule has 2 aliphatic rings. The Morgan fingerprint density at radius 1 is 0.882 bits per heavy atom. The Bertz CT molecular complexity index is 722. The fourth-order valence-electron chi connectivity index (χ4n) is 6.06. The molecule has 3 rings (SSSR count). The molecule has 1 saturated carbocycles. The predicted octanol–water partition coefficient (Wildman–Crippen LogP) is 7.62. The van der Waals surface area contributed by atoms with Crippen molar-refractivity contribution in [2.45, 2.75) is 129 Å². The van der Waals surface area contributed by atoms with Gasteiger partial charge in [0.1, 0.15) is 0 Å². The lowest BCUT2D eigenvalue weighted by molar-refractivity contribution is -0.140. The van der Waals surface area contributed by atoms with Crippen molar-refractivity contribution in [2.75, 3.05) is 25.2 Å². The zero-order valence-corrected chi connectivity index (χ0v) is 22.7. The van der Waals surface area contributed by atoms with Gasteiger partial charge < -0.3 is 9.64 Å². The first-order valence-corrected chi connectivity index (χ1v) is 14.1. The van der Waals surface area contributed by atoms with Crippen LogP contribution in [0.25, 0.3) is 0 Å². The van der Waals surface area contributed by atoms with Crippen molar-refractivity contribution in [1.29, 1.82) is 0 Å². The van der Waals surface area contributed by atoms with Gasteiger partial charge in [-0.25, -0.2) is 0 Å². The number of benzene rings is 1. The minimum atomic E-state index is -0.0938. The highest BCUT2D eigenvalue weighted by molar-refractivity contribution is 5.72. The summed E-state index contributed by atoms with van der Waals surface area (Å²) >= 11 is 0. The van der Waals surface area contributed by atoms with Crippen LogP contribution in [0.2, 0.25) is 0 Å². The number of rotatable bonds is 6. The summed E-state index contributed by atoms with van der Waals surface area (Å²) in [7, 11) is 1.52. The van der Waals surface area contributed by atoms with Gasteiger partial charge in [-0.2, -0.15) is 0 Å². The van der Waals surface area contributed by atoms with Gasteiger partial charge in [0.25, 0.3) is 0 Å². The molecule has 1 aromatic carbocycles. The second kappa shape index (κ2) is 13.5. The van der Waals surface area contributed by atoms with E-state index < -0.39 is 0 Å². The van der Waals surface area contributed by atoms with Gasteiger partial charge in [-0.15, -0.1) is 0 Å². The van der Waals surface area contributed by atoms with Crippen LogP contribution in [0.15, 0.2) is 18.2 Å². The van der Waals surface area contributed by atoms with E-state index in [9.17, 15) is 4.79 Å². The number of carbonyl (C=O) groups is 1. The predicted molar refractivity (Wildman–Crippen MR) is 144 cm³/mol. The topological polar surface area (TPSA) is 32.8 Å². The average molecular weight is 471 g/mol. The van der Waals surface area contributed by atoms with Gasteiger partial charge in [0.2, 0.25) is 0 Å². The largest absolute Gasteiger partial charge is 0.469 e. The third kappa shape index (κ3) is 7.23. The van der Waals surface area contributed by atoms with Crippen LogP contribution in [-0.2, 0) is 9.53 Å². The molecule has 192 valence electrons. The van der Waals surface area contributed by atoms with E-state index in [-0.39, 0.29) is 12.0 Å². The number of hydrogen-bond acceptors (Lipinski definition) is 4. The molecule has 1 aliphatic carbocycles. The molecular weight excluding hydrogens is 420 g/mol. The molecule has 34 heavy (non-hydrogen) atoms. The Morgan fingerprint density at radius 3 is 1.85 bits per heavy atom. The van der Waals surface area contributed by atoms with Gasteiger partial charge in [-0.3, -0.25) is 9.69 Å². The first kappa shape index (κ1) is 27.0. The zero-order valence-electron chi connectivity index (χ0n) is 22.7. The Hall–Kier alpha value is -1.55. The van der Waals surface area contributed by atoms with Crippen molar-refractivity contribution < 1.29 is 9.53 Å². The van der Waals surface area contributed by atoms with Crippen LogP contribution in [0.5, 0.6) is 0 Å². The normalized spacial score (nSPS) is 22.1. The number of hydrogen-bond donors (Lipinski definition) is 0. The molecular formula is C30H50N2O2. The quantitative estimate of drug-likeness (QED) is 0.400. The van der Waals surface area contributed by atoms with Crippen molar-refractivity contribution in [3.05, 3.63) is 29.3 Å². The molecule has 0 bridgehead atoms. The molecule has 2 fully saturated rings. The van der Waals surface area contributed by atoms with E-state index >= 15 is 0 Å². The number of esters is 1. The summed E-state index contributed by atoms with van der Waals surface area (Å²) in [4.78, 5) is 17.7. The van der Waals surface area contributed by atoms with E-state index in [1.165, 1.54) is 94.6 Å². The third-order valence-corrected chi connectivity index (χ3v) is 8.07. The summed E-state index contributed by atoms with van der Waals surface area (Å²) in [5, 5.41) is 0. The maximum Gasteiger partial charge on any atom is 0.307 e. The minimum Gasteiger partial charge on any atom is -0.469 e. The molecule has 0 radical (unpaired) electrons. The van der Waals surface area contributed by atoms with Crippen LogP contribution in [0.4, 0.5) is 5.69 Å². The number of ether oxygens (including phenoxy) is 1. The molecule has 1 unspecified atom stereocenters. The van der Waals surface area contributed by atoms with E-state index in [4.69, 9.17) is 4.74 Å². The van der Waals surface area contributed by atoms with Crippen LogP contribution in [-0.4, -0.2) is 43.3 Å². The highest BCUT2D eigenvalue weighted by Crippen LogP contribution is 2.39. The van der Waals surface area contributed by atoms with Gasteiger partial charge in [0, 0.05) is 18.3 Å². The molecule has 4 nitrogen and oxygen atoms in total. The summed E-state index contributed by atoms with van der Waals surface area (Å²) in [5.74, 6) is 0.800. The molecule has 4 heteroatoms. The fourth-order valence-corrected chi connectivity index (χ4v) is 6.06. The van der Waals surface area contributed by atoms with Crippen molar-refractivity contribution in [3.8, 4) is 0 Å². The molecule has 0 N–H and O–H groups in total. The van der Waals surface area contributed by atoms with Gasteiger partial charge in [0.05, 0.1) is 26.2 Å². The molecule has 0 spiro atoms. The van der Waals surface area contributed by atoms with E-state index in [1.54, 1.807) is 0 Å². The second-order valence-electron chi connectivity index (χ2n) is 11.3. The maximum atomic E-state index is 12.5. The smallest absolute Gasteiger partial charge is 0.307 e. The lowest BCUT2D eigenvalue weighted by Gasteiger charge is -2.33. The Morgan fingerprint density at radius 2 is 1.38 bits per heavy atom. The number of carbonyl (C=O) groups excluding carboxylic acids is 1. The molecule has 1 aromatic rings. The number of methoxy groups -OCH3 is 1. The van der Waals surface area contributed by atoms with E-state index in [2.05, 4.69) is 55.7 Å². The molecule has 1 heterocycles. The second-order valence-corrected chi connectivity index (χ2v) is 11.3. The van der Waals surface area contributed by atoms with E-state index in [0.717, 1.165) is 13.2 Å². The van der Waals surface area contributed by atoms with Gasteiger partial charge in [0.15, 0.2) is 0 Å². The minimum absolute atomic E-state index is 0.0938. The lowest BCUT2D eigenvalue weighted by Crippen LogP contribution is -2.36. The first-order chi connectivity index (χ1) is 16.4. The third-order valence-electron chi connectivity index (χ3n) is 8.07. The Labute approximate surface area is 209 Å². The standard InChI is InChI=1S/C30H50N2O2/c1-23(2)27-18-15-19-28(24(3)4)30(27)32-22-31(21-26(32)20-29(33)34-5)25-16-13-11-9-7-6-8-10-12-14-17-25/h15,18-19,23-26H,6-14,16-17,20-22H2,1-5H3. The summed E-state index contributed by atoms with van der Waals surface area (Å²) in [5.41, 5.74) is 4.18. The number of para-hydroxylation sites is 1. The first-order valence-electron chi connectivity index (χ1n) is 14.1. The van der Waals surface area contributed by atoms with Crippen LogP contribution in [0.3, 0.4) is 0 Å². The van der Waals surface area contributed by atoms with Crippen molar-refractivity contribution in [1.82, 2.24) is 4.90 Å². The zero-order chi connectivity index (χ0) is 24.5. The molecule has 0 aromatic heterocycles. The van der Waals surface area contributed by atoms with Crippen LogP contribution >= 0.6 is 0 Å². The Balaban J connectivity index is 1.88. The van der Waals surface area contributed by atoms with E-state index in [0.29, 0.717) is 24.3 Å². The molecule has 1 saturated heterocycles. The SMILES string of the molecule is COC(=O)CC1CN(C2CCCCCCCCCCC2)CN1c1c(C(C)C)cccc1C(C)C. The summed E-state index contributed by atoms with van der Waals surface area (Å²) in [6.45, 7) is 11.1. The Kier molecular flexibility index (Phi) is 10.8. The maximum absolute atomic E-state index is 12.5. The monoisotopic (exact) mass is 470 g/mol. The van der Waals surface area contributed by atoms with E-state index in [1.807, 2.05) is 0 Å². The number of nitrogens with zero attached hydrogens (tertiary/aromatic N) is 2. The van der Waals surface area contributed by atoms with Crippen LogP contribution in [0, 0.1) is 0 Å². The molecule has 1 atom stereocenters. The number of anilines is 1. The summed E-state index contributed by atoms with van der Waals surface area (Å²) < 4.78 is 5.14. The van der Waals surface area contributed by atoms with Crippen LogP contribution < -0.4 is 4.90 Å². The van der Waals surface area contributed by atoms with Crippen molar-refractivity contribution >= 4 is 11.7 Å². The van der Waals surface area contributed by atoms with Crippen LogP contribution in [0.1, 0.15) is 128 Å². The van der Waals surface area contributed by atoms with Gasteiger partial charge >= 0.3 is 5.97 Å². The van der Waals surface area contributed by atoms with Crippen molar-refractivity contribution in [3.63, 3.8) is 0 Å². The summed E-state index contributed by atoms with van der Waals surface area (Å²) in [6.07, 6.45) is 15.5. The molecule has 1 aliphatic heterocycles. The lowest BCUT2D eigenvalue weighted by atomic mass is 9.91. The fraction of sp³-hybridized carbons (Fsp3) is 0.767. The highest BCUT2D eigenvalue weighted by Gasteiger charge is 2.37. The van der Waals surface area contributed by atoms with Gasteiger partial charge in [-0.05, 0) is 35.8 Å². The highest BCUT2D eigenvalue weighted by atomic mass is 16.5. The molecule has 0 amide bonds. The average Bonchev–Trinajstić information content (AvgIpc) is 3.21.